The molecule has 9 heteroatoms. The molecule has 1 aliphatic heterocycles. The van der Waals surface area contributed by atoms with E-state index in [-0.39, 0.29) is 11.9 Å². The molecule has 1 amide bonds. The number of rotatable bonds is 5. The molecule has 9 nitrogen and oxygen atoms in total. The summed E-state index contributed by atoms with van der Waals surface area (Å²) in [6.45, 7) is 1.40. The van der Waals surface area contributed by atoms with Crippen LogP contribution in [0.4, 0.5) is 0 Å². The Kier molecular flexibility index (Phi) is 5.07. The van der Waals surface area contributed by atoms with Gasteiger partial charge in [0.2, 0.25) is 0 Å². The number of aromatic nitrogens is 7. The minimum absolute atomic E-state index is 0.0440. The Morgan fingerprint density at radius 2 is 2.13 bits per heavy atom. The van der Waals surface area contributed by atoms with Crippen molar-refractivity contribution < 1.29 is 4.79 Å². The van der Waals surface area contributed by atoms with Crippen molar-refractivity contribution in [3.63, 3.8) is 0 Å². The van der Waals surface area contributed by atoms with Gasteiger partial charge in [-0.25, -0.2) is 0 Å². The third kappa shape index (κ3) is 4.11. The van der Waals surface area contributed by atoms with Crippen LogP contribution in [0.15, 0.2) is 55.1 Å². The molecule has 31 heavy (non-hydrogen) atoms. The van der Waals surface area contributed by atoms with Crippen LogP contribution in [-0.2, 0) is 26.6 Å². The Balaban J connectivity index is 1.25. The average Bonchev–Trinajstić information content (AvgIpc) is 3.49. The van der Waals surface area contributed by atoms with E-state index in [9.17, 15) is 4.79 Å². The molecule has 0 saturated carbocycles. The van der Waals surface area contributed by atoms with Crippen molar-refractivity contribution in [1.82, 2.24) is 39.6 Å². The summed E-state index contributed by atoms with van der Waals surface area (Å²) in [5.74, 6) is 1.75. The lowest BCUT2D eigenvalue weighted by Crippen LogP contribution is -2.35. The van der Waals surface area contributed by atoms with Crippen molar-refractivity contribution in [2.45, 2.75) is 38.4 Å². The summed E-state index contributed by atoms with van der Waals surface area (Å²) in [6, 6.07) is 9.70. The van der Waals surface area contributed by atoms with Gasteiger partial charge in [0.05, 0.1) is 18.3 Å². The number of nitrogens with zero attached hydrogens (tertiary/aromatic N) is 7. The molecule has 5 rings (SSSR count). The van der Waals surface area contributed by atoms with Crippen LogP contribution in [-0.4, -0.2) is 46.3 Å². The zero-order chi connectivity index (χ0) is 21.2. The summed E-state index contributed by atoms with van der Waals surface area (Å²) < 4.78 is 5.75. The van der Waals surface area contributed by atoms with Gasteiger partial charge >= 0.3 is 0 Å². The van der Waals surface area contributed by atoms with Crippen LogP contribution in [0, 0.1) is 0 Å². The molecule has 0 radical (unpaired) electrons. The van der Waals surface area contributed by atoms with Crippen molar-refractivity contribution in [1.29, 1.82) is 0 Å². The second-order valence-corrected chi connectivity index (χ2v) is 7.90. The van der Waals surface area contributed by atoms with E-state index in [0.29, 0.717) is 12.1 Å². The fourth-order valence-corrected chi connectivity index (χ4v) is 4.04. The van der Waals surface area contributed by atoms with Crippen molar-refractivity contribution >= 4 is 5.91 Å². The van der Waals surface area contributed by atoms with Crippen molar-refractivity contribution in [2.24, 2.45) is 7.05 Å². The Morgan fingerprint density at radius 3 is 2.94 bits per heavy atom. The maximum atomic E-state index is 12.9. The van der Waals surface area contributed by atoms with Gasteiger partial charge in [0.25, 0.3) is 5.91 Å². The van der Waals surface area contributed by atoms with Gasteiger partial charge in [-0.05, 0) is 36.6 Å². The molecule has 1 aromatic carbocycles. The highest BCUT2D eigenvalue weighted by Crippen LogP contribution is 2.22. The number of hydrogen-bond donors (Lipinski definition) is 1. The predicted octanol–water partition coefficient (Wildman–Crippen LogP) is 2.06. The lowest BCUT2D eigenvalue weighted by atomic mass is 10.1. The third-order valence-electron chi connectivity index (χ3n) is 5.64. The summed E-state index contributed by atoms with van der Waals surface area (Å²) in [6.07, 6.45) is 9.85. The van der Waals surface area contributed by atoms with Gasteiger partial charge in [-0.3, -0.25) is 14.2 Å². The van der Waals surface area contributed by atoms with E-state index >= 15 is 0 Å². The summed E-state index contributed by atoms with van der Waals surface area (Å²) in [5.41, 5.74) is 2.67. The highest BCUT2D eigenvalue weighted by molar-refractivity contribution is 5.94. The average molecular weight is 416 g/mol. The van der Waals surface area contributed by atoms with Gasteiger partial charge in [0.15, 0.2) is 5.82 Å². The monoisotopic (exact) mass is 416 g/mol. The fourth-order valence-electron chi connectivity index (χ4n) is 4.04. The van der Waals surface area contributed by atoms with Gasteiger partial charge in [0, 0.05) is 50.2 Å². The highest BCUT2D eigenvalue weighted by Gasteiger charge is 2.23. The van der Waals surface area contributed by atoms with E-state index in [1.807, 2.05) is 54.5 Å². The first-order valence-corrected chi connectivity index (χ1v) is 10.4. The van der Waals surface area contributed by atoms with E-state index in [1.54, 1.807) is 17.1 Å². The molecule has 0 aliphatic carbocycles. The van der Waals surface area contributed by atoms with Crippen LogP contribution in [0.2, 0.25) is 0 Å². The molecule has 4 heterocycles. The molecule has 4 aromatic rings. The minimum Gasteiger partial charge on any atom is -0.349 e. The van der Waals surface area contributed by atoms with Crippen LogP contribution < -0.4 is 5.32 Å². The van der Waals surface area contributed by atoms with Crippen molar-refractivity contribution in [3.05, 3.63) is 72.1 Å². The highest BCUT2D eigenvalue weighted by atomic mass is 16.1. The third-order valence-corrected chi connectivity index (χ3v) is 5.64. The van der Waals surface area contributed by atoms with E-state index < -0.39 is 0 Å². The first-order chi connectivity index (χ1) is 15.2. The van der Waals surface area contributed by atoms with E-state index in [2.05, 4.69) is 30.3 Å². The standard InChI is InChI=1S/C22H24N8O/c1-28-15-18(13-24-28)21-27-26-20-7-6-19(8-11-30(20)21)25-22(31)17-5-2-4-16(12-17)14-29-10-3-9-23-29/h2-5,9-10,12-13,15,19H,6-8,11,14H2,1H3,(H,25,31). The molecule has 3 aromatic heterocycles. The zero-order valence-electron chi connectivity index (χ0n) is 17.3. The predicted molar refractivity (Wildman–Crippen MR) is 114 cm³/mol. The summed E-state index contributed by atoms with van der Waals surface area (Å²) in [7, 11) is 1.89. The van der Waals surface area contributed by atoms with Crippen molar-refractivity contribution in [3.8, 4) is 11.4 Å². The quantitative estimate of drug-likeness (QED) is 0.537. The molecular weight excluding hydrogens is 392 g/mol. The second-order valence-electron chi connectivity index (χ2n) is 7.90. The van der Waals surface area contributed by atoms with Crippen LogP contribution in [0.25, 0.3) is 11.4 Å². The van der Waals surface area contributed by atoms with Crippen LogP contribution in [0.3, 0.4) is 0 Å². The summed E-state index contributed by atoms with van der Waals surface area (Å²) in [4.78, 5) is 12.9. The van der Waals surface area contributed by atoms with E-state index in [1.165, 1.54) is 0 Å². The Hall–Kier alpha value is -3.75. The van der Waals surface area contributed by atoms with Gasteiger partial charge < -0.3 is 9.88 Å². The van der Waals surface area contributed by atoms with Crippen molar-refractivity contribution in [2.75, 3.05) is 0 Å². The molecule has 1 atom stereocenters. The zero-order valence-corrected chi connectivity index (χ0v) is 17.3. The smallest absolute Gasteiger partial charge is 0.251 e. The first-order valence-electron chi connectivity index (χ1n) is 10.4. The molecule has 1 N–H and O–H groups in total. The molecule has 1 unspecified atom stereocenters. The maximum absolute atomic E-state index is 12.9. The largest absolute Gasteiger partial charge is 0.349 e. The number of carbonyl (C=O) groups excluding carboxylic acids is 1. The molecule has 0 spiro atoms. The fraction of sp³-hybridized carbons (Fsp3) is 0.318. The number of hydrogen-bond acceptors (Lipinski definition) is 5. The lowest BCUT2D eigenvalue weighted by molar-refractivity contribution is 0.0933. The molecule has 158 valence electrons. The number of fused-ring (bicyclic) bond motifs is 1. The molecular formula is C22H24N8O. The minimum atomic E-state index is -0.0440. The summed E-state index contributed by atoms with van der Waals surface area (Å²) in [5, 5.41) is 20.4. The second kappa shape index (κ2) is 8.17. The first kappa shape index (κ1) is 19.2. The Morgan fingerprint density at radius 1 is 1.19 bits per heavy atom. The van der Waals surface area contributed by atoms with Gasteiger partial charge in [-0.1, -0.05) is 12.1 Å². The Bertz CT molecular complexity index is 1190. The molecule has 0 saturated heterocycles. The van der Waals surface area contributed by atoms with Crippen LogP contribution in [0.5, 0.6) is 0 Å². The van der Waals surface area contributed by atoms with Crippen LogP contribution >= 0.6 is 0 Å². The molecule has 0 fully saturated rings. The van der Waals surface area contributed by atoms with E-state index in [4.69, 9.17) is 0 Å². The topological polar surface area (TPSA) is 95.5 Å². The Labute approximate surface area is 179 Å². The summed E-state index contributed by atoms with van der Waals surface area (Å²) >= 11 is 0. The molecule has 1 aliphatic rings. The lowest BCUT2D eigenvalue weighted by Gasteiger charge is -2.16. The van der Waals surface area contributed by atoms with Gasteiger partial charge in [-0.15, -0.1) is 10.2 Å². The number of amides is 1. The van der Waals surface area contributed by atoms with Crippen LogP contribution in [0.1, 0.15) is 34.6 Å². The number of carbonyl (C=O) groups is 1. The number of benzene rings is 1. The van der Waals surface area contributed by atoms with E-state index in [0.717, 1.165) is 48.6 Å². The maximum Gasteiger partial charge on any atom is 0.251 e. The SMILES string of the molecule is Cn1cc(-c2nnc3n2CCC(NC(=O)c2cccc(Cn4cccn4)c2)CC3)cn1. The molecule has 0 bridgehead atoms. The normalized spacial score (nSPS) is 16.0. The van der Waals surface area contributed by atoms with Gasteiger partial charge in [-0.2, -0.15) is 10.2 Å². The number of nitrogens with one attached hydrogen (secondary N) is 1. The number of aryl methyl sites for hydroxylation is 2. The van der Waals surface area contributed by atoms with Gasteiger partial charge in [0.1, 0.15) is 5.82 Å².